The smallest absolute Gasteiger partial charge is 0.228 e. The van der Waals surface area contributed by atoms with E-state index in [1.165, 1.54) is 10.9 Å². The molecule has 0 saturated carbocycles. The third kappa shape index (κ3) is 4.72. The third-order valence-corrected chi connectivity index (χ3v) is 5.08. The number of pyridine rings is 1. The van der Waals surface area contributed by atoms with Gasteiger partial charge in [0.2, 0.25) is 11.2 Å². The first-order valence-electron chi connectivity index (χ1n) is 9.79. The SMILES string of the molecule is C/C(=N\N(C)c1ccc(N(CCO)CCO)cc1)c1ccc2ccccc2[n+]1C. The summed E-state index contributed by atoms with van der Waals surface area (Å²) in [7, 11) is 3.99. The van der Waals surface area contributed by atoms with Crippen LogP contribution in [0.15, 0.2) is 65.8 Å². The molecule has 0 saturated heterocycles. The molecule has 0 aliphatic rings. The lowest BCUT2D eigenvalue weighted by molar-refractivity contribution is -0.646. The zero-order valence-electron chi connectivity index (χ0n) is 17.3. The van der Waals surface area contributed by atoms with Crippen molar-refractivity contribution in [2.45, 2.75) is 6.92 Å². The topological polar surface area (TPSA) is 63.2 Å². The van der Waals surface area contributed by atoms with Gasteiger partial charge in [0.15, 0.2) is 0 Å². The van der Waals surface area contributed by atoms with Gasteiger partial charge in [0.25, 0.3) is 0 Å². The fourth-order valence-electron chi connectivity index (χ4n) is 3.53. The monoisotopic (exact) mass is 393 g/mol. The highest BCUT2D eigenvalue weighted by molar-refractivity contribution is 5.97. The molecule has 0 fully saturated rings. The molecule has 2 N–H and O–H groups in total. The molecule has 0 aliphatic heterocycles. The Balaban J connectivity index is 1.82. The van der Waals surface area contributed by atoms with E-state index in [0.717, 1.165) is 22.8 Å². The number of hydrogen-bond donors (Lipinski definition) is 2. The van der Waals surface area contributed by atoms with Crippen molar-refractivity contribution in [1.29, 1.82) is 0 Å². The number of benzene rings is 2. The van der Waals surface area contributed by atoms with Gasteiger partial charge in [0.05, 0.1) is 18.9 Å². The fourth-order valence-corrected chi connectivity index (χ4v) is 3.53. The van der Waals surface area contributed by atoms with Gasteiger partial charge in [0, 0.05) is 43.3 Å². The number of aliphatic hydroxyl groups excluding tert-OH is 2. The lowest BCUT2D eigenvalue weighted by atomic mass is 10.1. The molecule has 0 spiro atoms. The van der Waals surface area contributed by atoms with E-state index in [9.17, 15) is 10.2 Å². The van der Waals surface area contributed by atoms with Gasteiger partial charge >= 0.3 is 0 Å². The van der Waals surface area contributed by atoms with Crippen LogP contribution in [0.5, 0.6) is 0 Å². The molecule has 0 amide bonds. The molecule has 1 aromatic heterocycles. The minimum Gasteiger partial charge on any atom is -0.395 e. The van der Waals surface area contributed by atoms with E-state index in [-0.39, 0.29) is 13.2 Å². The summed E-state index contributed by atoms with van der Waals surface area (Å²) < 4.78 is 2.16. The Labute approximate surface area is 171 Å². The average Bonchev–Trinajstić information content (AvgIpc) is 2.74. The van der Waals surface area contributed by atoms with Gasteiger partial charge < -0.3 is 15.1 Å². The van der Waals surface area contributed by atoms with Crippen molar-refractivity contribution in [1.82, 2.24) is 0 Å². The molecule has 3 aromatic rings. The van der Waals surface area contributed by atoms with Crippen molar-refractivity contribution < 1.29 is 14.8 Å². The molecule has 0 radical (unpaired) electrons. The summed E-state index contributed by atoms with van der Waals surface area (Å²) in [6, 6.07) is 20.5. The minimum atomic E-state index is 0.0495. The predicted octanol–water partition coefficient (Wildman–Crippen LogP) is 2.32. The van der Waals surface area contributed by atoms with Gasteiger partial charge in [-0.25, -0.2) is 0 Å². The molecule has 6 nitrogen and oxygen atoms in total. The molecule has 1 heterocycles. The number of para-hydroxylation sites is 1. The molecule has 6 heteroatoms. The van der Waals surface area contributed by atoms with Crippen molar-refractivity contribution in [3.8, 4) is 0 Å². The zero-order chi connectivity index (χ0) is 20.8. The van der Waals surface area contributed by atoms with Crippen LogP contribution in [-0.4, -0.2) is 49.3 Å². The maximum absolute atomic E-state index is 9.21. The molecule has 3 rings (SSSR count). The summed E-state index contributed by atoms with van der Waals surface area (Å²) >= 11 is 0. The van der Waals surface area contributed by atoms with Crippen molar-refractivity contribution in [2.75, 3.05) is 43.3 Å². The van der Waals surface area contributed by atoms with Crippen molar-refractivity contribution in [3.63, 3.8) is 0 Å². The molecule has 2 aromatic carbocycles. The summed E-state index contributed by atoms with van der Waals surface area (Å²) in [4.78, 5) is 1.95. The number of fused-ring (bicyclic) bond motifs is 1. The second-order valence-corrected chi connectivity index (χ2v) is 7.00. The van der Waals surface area contributed by atoms with Gasteiger partial charge in [-0.15, -0.1) is 0 Å². The number of rotatable bonds is 8. The number of aromatic nitrogens is 1. The average molecular weight is 394 g/mol. The first-order valence-corrected chi connectivity index (χ1v) is 9.79. The van der Waals surface area contributed by atoms with Crippen LogP contribution in [-0.2, 0) is 7.05 Å². The van der Waals surface area contributed by atoms with E-state index < -0.39 is 0 Å². The number of anilines is 2. The van der Waals surface area contributed by atoms with Gasteiger partial charge in [-0.3, -0.25) is 5.01 Å². The van der Waals surface area contributed by atoms with E-state index in [2.05, 4.69) is 35.9 Å². The van der Waals surface area contributed by atoms with Crippen molar-refractivity contribution >= 4 is 28.0 Å². The number of nitrogens with zero attached hydrogens (tertiary/aromatic N) is 4. The number of hydrazone groups is 1. The Hall–Kier alpha value is -2.96. The number of aryl methyl sites for hydroxylation is 1. The Morgan fingerprint density at radius 3 is 2.17 bits per heavy atom. The minimum absolute atomic E-state index is 0.0495. The molecule has 0 unspecified atom stereocenters. The summed E-state index contributed by atoms with van der Waals surface area (Å²) in [5, 5.41) is 26.2. The van der Waals surface area contributed by atoms with Crippen LogP contribution in [0.2, 0.25) is 0 Å². The maximum atomic E-state index is 9.21. The quantitative estimate of drug-likeness (QED) is 0.350. The normalized spacial score (nSPS) is 11.7. The molecule has 152 valence electrons. The van der Waals surface area contributed by atoms with Crippen LogP contribution < -0.4 is 14.5 Å². The number of aliphatic hydroxyl groups is 2. The van der Waals surface area contributed by atoms with E-state index >= 15 is 0 Å². The van der Waals surface area contributed by atoms with Gasteiger partial charge in [-0.2, -0.15) is 9.67 Å². The lowest BCUT2D eigenvalue weighted by Gasteiger charge is -2.23. The highest BCUT2D eigenvalue weighted by Crippen LogP contribution is 2.20. The Kier molecular flexibility index (Phi) is 6.80. The number of hydrogen-bond acceptors (Lipinski definition) is 5. The highest BCUT2D eigenvalue weighted by Gasteiger charge is 2.15. The van der Waals surface area contributed by atoms with Crippen LogP contribution in [0.4, 0.5) is 11.4 Å². The Morgan fingerprint density at radius 1 is 0.897 bits per heavy atom. The van der Waals surface area contributed by atoms with E-state index in [4.69, 9.17) is 5.10 Å². The summed E-state index contributed by atoms with van der Waals surface area (Å²) in [5.74, 6) is 0. The molecular formula is C23H29N4O2+. The zero-order valence-corrected chi connectivity index (χ0v) is 17.3. The first kappa shape index (κ1) is 20.8. The standard InChI is InChI=1S/C23H29N4O2/c1-18(22-13-8-19-6-4-5-7-23(19)25(22)2)24-26(3)20-9-11-21(12-10-20)27(14-16-28)15-17-29/h4-13,28-29H,14-17H2,1-3H3/q+1. The predicted molar refractivity (Wildman–Crippen MR) is 119 cm³/mol. The Morgan fingerprint density at radius 2 is 1.52 bits per heavy atom. The van der Waals surface area contributed by atoms with Gasteiger partial charge in [0.1, 0.15) is 12.8 Å². The largest absolute Gasteiger partial charge is 0.395 e. The van der Waals surface area contributed by atoms with Gasteiger partial charge in [-0.05, 0) is 43.3 Å². The summed E-state index contributed by atoms with van der Waals surface area (Å²) in [6.07, 6.45) is 0. The van der Waals surface area contributed by atoms with E-state index in [1.54, 1.807) is 0 Å². The molecule has 0 aliphatic carbocycles. The van der Waals surface area contributed by atoms with Crippen LogP contribution >= 0.6 is 0 Å². The summed E-state index contributed by atoms with van der Waals surface area (Å²) in [6.45, 7) is 3.10. The van der Waals surface area contributed by atoms with Crippen molar-refractivity contribution in [3.05, 3.63) is 66.4 Å². The van der Waals surface area contributed by atoms with Crippen LogP contribution in [0.25, 0.3) is 10.9 Å². The van der Waals surface area contributed by atoms with Crippen LogP contribution in [0, 0.1) is 0 Å². The molecule has 29 heavy (non-hydrogen) atoms. The second kappa shape index (κ2) is 9.49. The van der Waals surface area contributed by atoms with E-state index in [1.807, 2.05) is 60.3 Å². The Bertz CT molecular complexity index is 980. The van der Waals surface area contributed by atoms with Gasteiger partial charge in [-0.1, -0.05) is 12.1 Å². The molecule has 0 bridgehead atoms. The maximum Gasteiger partial charge on any atom is 0.228 e. The second-order valence-electron chi connectivity index (χ2n) is 7.00. The van der Waals surface area contributed by atoms with E-state index in [0.29, 0.717) is 13.1 Å². The molecule has 0 atom stereocenters. The first-order chi connectivity index (χ1) is 14.0. The van der Waals surface area contributed by atoms with Crippen LogP contribution in [0.1, 0.15) is 12.6 Å². The van der Waals surface area contributed by atoms with Crippen LogP contribution in [0.3, 0.4) is 0 Å². The van der Waals surface area contributed by atoms with Crippen molar-refractivity contribution in [2.24, 2.45) is 12.1 Å². The summed E-state index contributed by atoms with van der Waals surface area (Å²) in [5.41, 5.74) is 5.08. The molecular weight excluding hydrogens is 364 g/mol. The third-order valence-electron chi connectivity index (χ3n) is 5.08. The fraction of sp³-hybridized carbons (Fsp3) is 0.304. The lowest BCUT2D eigenvalue weighted by Crippen LogP contribution is -2.37. The highest BCUT2D eigenvalue weighted by atomic mass is 16.3.